The summed E-state index contributed by atoms with van der Waals surface area (Å²) in [5.74, 6) is -0.344. The third kappa shape index (κ3) is 5.19. The molecular formula is C23H27N3O4S. The lowest BCUT2D eigenvalue weighted by molar-refractivity contribution is -0.122. The fraction of sp³-hybridized carbons (Fsp3) is 0.391. The molecule has 1 amide bonds. The molecule has 31 heavy (non-hydrogen) atoms. The molecule has 2 heterocycles. The predicted octanol–water partition coefficient (Wildman–Crippen LogP) is 3.85. The molecule has 8 heteroatoms. The molecule has 0 bridgehead atoms. The number of nitrogens with zero attached hydrogens (tertiary/aromatic N) is 2. The first-order chi connectivity index (χ1) is 14.8. The number of aryl methyl sites for hydroxylation is 1. The summed E-state index contributed by atoms with van der Waals surface area (Å²) in [5.41, 5.74) is 1.22. The highest BCUT2D eigenvalue weighted by atomic mass is 32.1. The van der Waals surface area contributed by atoms with Crippen molar-refractivity contribution in [2.45, 2.75) is 46.7 Å². The first-order valence-electron chi connectivity index (χ1n) is 10.3. The second-order valence-corrected chi connectivity index (χ2v) is 8.79. The van der Waals surface area contributed by atoms with Gasteiger partial charge in [0.15, 0.2) is 0 Å². The van der Waals surface area contributed by atoms with Crippen LogP contribution in [0.25, 0.3) is 10.2 Å². The molecule has 3 rings (SSSR count). The van der Waals surface area contributed by atoms with Crippen LogP contribution in [0.5, 0.6) is 0 Å². The largest absolute Gasteiger partial charge is 0.462 e. The van der Waals surface area contributed by atoms with E-state index >= 15 is 0 Å². The number of hydrogen-bond donors (Lipinski definition) is 1. The van der Waals surface area contributed by atoms with Crippen molar-refractivity contribution in [2.24, 2.45) is 5.92 Å². The maximum Gasteiger partial charge on any atom is 0.348 e. The second-order valence-electron chi connectivity index (χ2n) is 7.79. The molecule has 0 aliphatic rings. The molecular weight excluding hydrogens is 414 g/mol. The number of esters is 1. The number of carbonyl (C=O) groups excluding carboxylic acids is 2. The van der Waals surface area contributed by atoms with Gasteiger partial charge in [0.2, 0.25) is 5.91 Å². The predicted molar refractivity (Wildman–Crippen MR) is 121 cm³/mol. The quantitative estimate of drug-likeness (QED) is 0.536. The topological polar surface area (TPSA) is 90.3 Å². The van der Waals surface area contributed by atoms with Crippen LogP contribution >= 0.6 is 11.3 Å². The van der Waals surface area contributed by atoms with E-state index in [0.29, 0.717) is 26.6 Å². The maximum absolute atomic E-state index is 13.0. The van der Waals surface area contributed by atoms with Crippen LogP contribution in [0.1, 0.15) is 54.0 Å². The molecule has 1 aromatic carbocycles. The van der Waals surface area contributed by atoms with Crippen LogP contribution in [0.15, 0.2) is 41.5 Å². The average Bonchev–Trinajstić information content (AvgIpc) is 3.07. The Morgan fingerprint density at radius 3 is 2.58 bits per heavy atom. The summed E-state index contributed by atoms with van der Waals surface area (Å²) in [7, 11) is 0. The number of fused-ring (bicyclic) bond motifs is 1. The number of nitrogens with one attached hydrogen (secondary N) is 1. The number of ether oxygens (including phenoxy) is 1. The molecule has 7 nitrogen and oxygen atoms in total. The van der Waals surface area contributed by atoms with Gasteiger partial charge in [-0.1, -0.05) is 44.2 Å². The van der Waals surface area contributed by atoms with E-state index in [9.17, 15) is 14.4 Å². The highest BCUT2D eigenvalue weighted by molar-refractivity contribution is 7.20. The van der Waals surface area contributed by atoms with E-state index in [1.807, 2.05) is 30.3 Å². The van der Waals surface area contributed by atoms with E-state index in [1.54, 1.807) is 13.8 Å². The summed E-state index contributed by atoms with van der Waals surface area (Å²) in [6, 6.07) is 9.65. The molecule has 1 atom stereocenters. The van der Waals surface area contributed by atoms with E-state index in [1.165, 1.54) is 10.9 Å². The molecule has 2 aromatic heterocycles. The Balaban J connectivity index is 1.84. The Morgan fingerprint density at radius 2 is 1.94 bits per heavy atom. The SMILES string of the molecule is CCOC(=O)c1sc2ncn(CC(=O)NC(CC(C)C)c3ccccc3)c(=O)c2c1C. The standard InChI is InChI=1S/C23H27N3O4S/c1-5-30-23(29)20-15(4)19-21(31-20)24-13-26(22(19)28)12-18(27)25-17(11-14(2)3)16-9-7-6-8-10-16/h6-10,13-14,17H,5,11-12H2,1-4H3,(H,25,27). The van der Waals surface area contributed by atoms with Gasteiger partial charge < -0.3 is 10.1 Å². The molecule has 0 spiro atoms. The summed E-state index contributed by atoms with van der Waals surface area (Å²) in [6.07, 6.45) is 2.14. The lowest BCUT2D eigenvalue weighted by Gasteiger charge is -2.21. The van der Waals surface area contributed by atoms with Gasteiger partial charge >= 0.3 is 5.97 Å². The van der Waals surface area contributed by atoms with Crippen LogP contribution in [0.3, 0.4) is 0 Å². The number of thiophene rings is 1. The minimum Gasteiger partial charge on any atom is -0.462 e. The number of amides is 1. The Hall–Kier alpha value is -3.00. The average molecular weight is 442 g/mol. The van der Waals surface area contributed by atoms with Crippen molar-refractivity contribution in [2.75, 3.05) is 6.61 Å². The molecule has 164 valence electrons. The molecule has 0 aliphatic heterocycles. The zero-order valence-electron chi connectivity index (χ0n) is 18.2. The fourth-order valence-electron chi connectivity index (χ4n) is 3.49. The van der Waals surface area contributed by atoms with Crippen LogP contribution in [0.4, 0.5) is 0 Å². The van der Waals surface area contributed by atoms with Crippen LogP contribution < -0.4 is 10.9 Å². The van der Waals surface area contributed by atoms with Crippen LogP contribution in [-0.4, -0.2) is 28.0 Å². The Morgan fingerprint density at radius 1 is 1.23 bits per heavy atom. The summed E-state index contributed by atoms with van der Waals surface area (Å²) in [6.45, 7) is 7.74. The van der Waals surface area contributed by atoms with Gasteiger partial charge in [0.05, 0.1) is 24.4 Å². The summed E-state index contributed by atoms with van der Waals surface area (Å²) >= 11 is 1.13. The van der Waals surface area contributed by atoms with Gasteiger partial charge in [0.25, 0.3) is 5.56 Å². The van der Waals surface area contributed by atoms with Crippen molar-refractivity contribution in [3.8, 4) is 0 Å². The molecule has 1 unspecified atom stereocenters. The van der Waals surface area contributed by atoms with Gasteiger partial charge in [-0.05, 0) is 37.3 Å². The van der Waals surface area contributed by atoms with Gasteiger partial charge in [-0.25, -0.2) is 9.78 Å². The van der Waals surface area contributed by atoms with Crippen molar-refractivity contribution in [3.05, 3.63) is 63.0 Å². The summed E-state index contributed by atoms with van der Waals surface area (Å²) in [4.78, 5) is 43.1. The third-order valence-corrected chi connectivity index (χ3v) is 6.12. The summed E-state index contributed by atoms with van der Waals surface area (Å²) < 4.78 is 6.34. The van der Waals surface area contributed by atoms with Gasteiger partial charge in [-0.2, -0.15) is 0 Å². The fourth-order valence-corrected chi connectivity index (χ4v) is 4.53. The molecule has 0 saturated heterocycles. The number of carbonyl (C=O) groups is 2. The molecule has 0 radical (unpaired) electrons. The Labute approximate surface area is 185 Å². The number of benzene rings is 1. The van der Waals surface area contributed by atoms with Crippen LogP contribution in [-0.2, 0) is 16.1 Å². The molecule has 0 aliphatic carbocycles. The first kappa shape index (κ1) is 22.7. The van der Waals surface area contributed by atoms with Gasteiger partial charge in [-0.3, -0.25) is 14.2 Å². The van der Waals surface area contributed by atoms with Crippen molar-refractivity contribution in [3.63, 3.8) is 0 Å². The zero-order chi connectivity index (χ0) is 22.5. The lowest BCUT2D eigenvalue weighted by Crippen LogP contribution is -2.35. The molecule has 0 saturated carbocycles. The number of hydrogen-bond acceptors (Lipinski definition) is 6. The summed E-state index contributed by atoms with van der Waals surface area (Å²) in [5, 5.41) is 3.40. The Kier molecular flexibility index (Phi) is 7.22. The minimum atomic E-state index is -0.467. The van der Waals surface area contributed by atoms with E-state index in [0.717, 1.165) is 23.3 Å². The zero-order valence-corrected chi connectivity index (χ0v) is 19.0. The van der Waals surface area contributed by atoms with Crippen molar-refractivity contribution >= 4 is 33.4 Å². The lowest BCUT2D eigenvalue weighted by atomic mass is 9.97. The highest BCUT2D eigenvalue weighted by Gasteiger charge is 2.21. The molecule has 3 aromatic rings. The van der Waals surface area contributed by atoms with Gasteiger partial charge in [-0.15, -0.1) is 11.3 Å². The highest BCUT2D eigenvalue weighted by Crippen LogP contribution is 2.27. The van der Waals surface area contributed by atoms with E-state index in [4.69, 9.17) is 4.74 Å². The minimum absolute atomic E-state index is 0.139. The van der Waals surface area contributed by atoms with Crippen molar-refractivity contribution in [1.82, 2.24) is 14.9 Å². The van der Waals surface area contributed by atoms with E-state index in [-0.39, 0.29) is 30.7 Å². The third-order valence-electron chi connectivity index (χ3n) is 4.94. The van der Waals surface area contributed by atoms with E-state index in [2.05, 4.69) is 24.1 Å². The van der Waals surface area contributed by atoms with Crippen molar-refractivity contribution < 1.29 is 14.3 Å². The second kappa shape index (κ2) is 9.87. The smallest absolute Gasteiger partial charge is 0.348 e. The maximum atomic E-state index is 13.0. The first-order valence-corrected chi connectivity index (χ1v) is 11.1. The van der Waals surface area contributed by atoms with Gasteiger partial charge in [0.1, 0.15) is 16.3 Å². The normalized spacial score (nSPS) is 12.2. The van der Waals surface area contributed by atoms with Crippen LogP contribution in [0.2, 0.25) is 0 Å². The monoisotopic (exact) mass is 441 g/mol. The molecule has 0 fully saturated rings. The van der Waals surface area contributed by atoms with E-state index < -0.39 is 5.97 Å². The number of aromatic nitrogens is 2. The van der Waals surface area contributed by atoms with Crippen molar-refractivity contribution in [1.29, 1.82) is 0 Å². The molecule has 1 N–H and O–H groups in total. The Bertz CT molecular complexity index is 1130. The van der Waals surface area contributed by atoms with Gasteiger partial charge in [0, 0.05) is 0 Å². The van der Waals surface area contributed by atoms with Crippen LogP contribution in [0, 0.1) is 12.8 Å². The number of rotatable bonds is 8.